The average Bonchev–Trinajstić information content (AvgIpc) is 3.02. The van der Waals surface area contributed by atoms with Gasteiger partial charge in [-0.2, -0.15) is 0 Å². The van der Waals surface area contributed by atoms with Gasteiger partial charge in [-0.3, -0.25) is 13.9 Å². The van der Waals surface area contributed by atoms with Crippen molar-refractivity contribution in [3.63, 3.8) is 0 Å². The molecule has 7 heteroatoms. The molecule has 0 saturated heterocycles. The van der Waals surface area contributed by atoms with Gasteiger partial charge in [0.1, 0.15) is 9.58 Å². The van der Waals surface area contributed by atoms with Crippen LogP contribution in [0.25, 0.3) is 10.2 Å². The second kappa shape index (κ2) is 5.85. The molecule has 2 aromatic heterocycles. The number of methoxy groups -OCH3 is 1. The molecule has 0 aliphatic rings. The lowest BCUT2D eigenvalue weighted by Crippen LogP contribution is -2.38. The summed E-state index contributed by atoms with van der Waals surface area (Å²) in [6.45, 7) is 0.188. The summed E-state index contributed by atoms with van der Waals surface area (Å²) in [5, 5.41) is 0. The maximum absolute atomic E-state index is 12.6. The Labute approximate surface area is 135 Å². The fraction of sp³-hybridized carbons (Fsp3) is 0.188. The first-order valence-electron chi connectivity index (χ1n) is 6.88. The highest BCUT2D eigenvalue weighted by atomic mass is 32.1. The van der Waals surface area contributed by atoms with Gasteiger partial charge in [-0.25, -0.2) is 9.59 Å². The molecular formula is C16H14N2O4S. The van der Waals surface area contributed by atoms with E-state index in [2.05, 4.69) is 4.74 Å². The normalized spacial score (nSPS) is 10.9. The molecule has 0 atom stereocenters. The number of ether oxygens (including phenoxy) is 1. The first-order valence-corrected chi connectivity index (χ1v) is 7.70. The van der Waals surface area contributed by atoms with Crippen LogP contribution < -0.4 is 11.2 Å². The van der Waals surface area contributed by atoms with Crippen molar-refractivity contribution < 1.29 is 9.53 Å². The molecule has 0 amide bonds. The quantitative estimate of drug-likeness (QED) is 0.684. The van der Waals surface area contributed by atoms with E-state index in [1.807, 2.05) is 30.3 Å². The lowest BCUT2D eigenvalue weighted by atomic mass is 10.2. The number of carbonyl (C=O) groups excluding carboxylic acids is 1. The molecule has 0 bridgehead atoms. The van der Waals surface area contributed by atoms with Crippen molar-refractivity contribution >= 4 is 27.5 Å². The van der Waals surface area contributed by atoms with Crippen molar-refractivity contribution in [1.29, 1.82) is 0 Å². The lowest BCUT2D eigenvalue weighted by molar-refractivity contribution is 0.0606. The van der Waals surface area contributed by atoms with Crippen LogP contribution in [-0.4, -0.2) is 22.2 Å². The Morgan fingerprint density at radius 1 is 1.22 bits per heavy atom. The van der Waals surface area contributed by atoms with Crippen molar-refractivity contribution in [3.05, 3.63) is 67.7 Å². The zero-order valence-electron chi connectivity index (χ0n) is 12.6. The predicted octanol–water partition coefficient (Wildman–Crippen LogP) is 1.60. The maximum Gasteiger partial charge on any atom is 0.348 e. The van der Waals surface area contributed by atoms with Gasteiger partial charge in [-0.1, -0.05) is 30.3 Å². The zero-order chi connectivity index (χ0) is 16.6. The predicted molar refractivity (Wildman–Crippen MR) is 88.2 cm³/mol. The molecule has 0 unspecified atom stereocenters. The van der Waals surface area contributed by atoms with Crippen LogP contribution in [0.2, 0.25) is 0 Å². The summed E-state index contributed by atoms with van der Waals surface area (Å²) in [5.74, 6) is -0.521. The number of aryl methyl sites for hydroxylation is 1. The Morgan fingerprint density at radius 2 is 1.91 bits per heavy atom. The highest BCUT2D eigenvalue weighted by molar-refractivity contribution is 7.20. The number of thiophene rings is 1. The summed E-state index contributed by atoms with van der Waals surface area (Å²) < 4.78 is 7.59. The van der Waals surface area contributed by atoms with Crippen LogP contribution in [0.3, 0.4) is 0 Å². The van der Waals surface area contributed by atoms with E-state index in [4.69, 9.17) is 0 Å². The largest absolute Gasteiger partial charge is 0.465 e. The van der Waals surface area contributed by atoms with Gasteiger partial charge in [0.25, 0.3) is 5.56 Å². The summed E-state index contributed by atoms with van der Waals surface area (Å²) in [4.78, 5) is 37.1. The summed E-state index contributed by atoms with van der Waals surface area (Å²) in [6, 6.07) is 10.8. The van der Waals surface area contributed by atoms with E-state index in [1.165, 1.54) is 22.3 Å². The summed E-state index contributed by atoms with van der Waals surface area (Å²) in [6.07, 6.45) is 0. The molecule has 0 aliphatic heterocycles. The van der Waals surface area contributed by atoms with Gasteiger partial charge in [0, 0.05) is 7.05 Å². The molecule has 0 N–H and O–H groups in total. The number of hydrogen-bond acceptors (Lipinski definition) is 5. The SMILES string of the molecule is COC(=O)c1cc2c(s1)c(=O)n(Cc1ccccc1)c(=O)n2C. The minimum Gasteiger partial charge on any atom is -0.465 e. The van der Waals surface area contributed by atoms with Gasteiger partial charge in [0.05, 0.1) is 19.2 Å². The van der Waals surface area contributed by atoms with Gasteiger partial charge >= 0.3 is 11.7 Å². The number of carbonyl (C=O) groups is 1. The van der Waals surface area contributed by atoms with Gasteiger partial charge in [0.2, 0.25) is 0 Å². The van der Waals surface area contributed by atoms with Crippen LogP contribution in [0.4, 0.5) is 0 Å². The zero-order valence-corrected chi connectivity index (χ0v) is 13.4. The van der Waals surface area contributed by atoms with E-state index in [0.717, 1.165) is 16.9 Å². The minimum absolute atomic E-state index is 0.188. The molecule has 2 heterocycles. The third-order valence-corrected chi connectivity index (χ3v) is 4.69. The Morgan fingerprint density at radius 3 is 2.57 bits per heavy atom. The van der Waals surface area contributed by atoms with Gasteiger partial charge in [-0.05, 0) is 11.6 Å². The van der Waals surface area contributed by atoms with Crippen LogP contribution in [-0.2, 0) is 18.3 Å². The van der Waals surface area contributed by atoms with E-state index < -0.39 is 17.2 Å². The molecular weight excluding hydrogens is 316 g/mol. The molecule has 118 valence electrons. The monoisotopic (exact) mass is 330 g/mol. The van der Waals surface area contributed by atoms with Crippen molar-refractivity contribution in [2.45, 2.75) is 6.54 Å². The van der Waals surface area contributed by atoms with Crippen molar-refractivity contribution in [2.75, 3.05) is 7.11 Å². The van der Waals surface area contributed by atoms with Gasteiger partial charge in [0.15, 0.2) is 0 Å². The Kier molecular flexibility index (Phi) is 3.87. The second-order valence-electron chi connectivity index (χ2n) is 5.04. The van der Waals surface area contributed by atoms with Gasteiger partial charge in [-0.15, -0.1) is 11.3 Å². The fourth-order valence-electron chi connectivity index (χ4n) is 2.38. The van der Waals surface area contributed by atoms with Gasteiger partial charge < -0.3 is 4.74 Å². The molecule has 0 saturated carbocycles. The molecule has 23 heavy (non-hydrogen) atoms. The Bertz CT molecular complexity index is 999. The number of esters is 1. The lowest BCUT2D eigenvalue weighted by Gasteiger charge is -2.08. The molecule has 0 fully saturated rings. The topological polar surface area (TPSA) is 70.3 Å². The molecule has 0 aliphatic carbocycles. The third kappa shape index (κ3) is 2.59. The van der Waals surface area contributed by atoms with Crippen LogP contribution >= 0.6 is 11.3 Å². The molecule has 0 radical (unpaired) electrons. The summed E-state index contributed by atoms with van der Waals surface area (Å²) >= 11 is 1.04. The number of rotatable bonds is 3. The maximum atomic E-state index is 12.6. The van der Waals surface area contributed by atoms with E-state index in [9.17, 15) is 14.4 Å². The van der Waals surface area contributed by atoms with E-state index in [-0.39, 0.29) is 6.54 Å². The number of fused-ring (bicyclic) bond motifs is 1. The molecule has 1 aromatic carbocycles. The Hall–Kier alpha value is -2.67. The fourth-order valence-corrected chi connectivity index (χ4v) is 3.44. The van der Waals surface area contributed by atoms with E-state index in [0.29, 0.717) is 15.1 Å². The first-order chi connectivity index (χ1) is 11.0. The van der Waals surface area contributed by atoms with E-state index in [1.54, 1.807) is 7.05 Å². The molecule has 3 rings (SSSR count). The first kappa shape index (κ1) is 15.2. The third-order valence-electron chi connectivity index (χ3n) is 3.60. The van der Waals surface area contributed by atoms with Crippen LogP contribution in [0, 0.1) is 0 Å². The average molecular weight is 330 g/mol. The number of nitrogens with zero attached hydrogens (tertiary/aromatic N) is 2. The Balaban J connectivity index is 2.22. The van der Waals surface area contributed by atoms with Crippen LogP contribution in [0.15, 0.2) is 46.0 Å². The van der Waals surface area contributed by atoms with E-state index >= 15 is 0 Å². The van der Waals surface area contributed by atoms with Crippen LogP contribution in [0.1, 0.15) is 15.2 Å². The molecule has 3 aromatic rings. The summed E-state index contributed by atoms with van der Waals surface area (Å²) in [5.41, 5.74) is 0.484. The molecule has 6 nitrogen and oxygen atoms in total. The van der Waals surface area contributed by atoms with Crippen molar-refractivity contribution in [3.8, 4) is 0 Å². The number of aromatic nitrogens is 2. The van der Waals surface area contributed by atoms with Crippen molar-refractivity contribution in [1.82, 2.24) is 9.13 Å². The highest BCUT2D eigenvalue weighted by Gasteiger charge is 2.18. The number of benzene rings is 1. The standard InChI is InChI=1S/C16H14N2O4S/c1-17-11-8-12(15(20)22-2)23-13(11)14(19)18(16(17)21)9-10-6-4-3-5-7-10/h3-8H,9H2,1-2H3. The smallest absolute Gasteiger partial charge is 0.348 e. The van der Waals surface area contributed by atoms with Crippen LogP contribution in [0.5, 0.6) is 0 Å². The van der Waals surface area contributed by atoms with Crippen molar-refractivity contribution in [2.24, 2.45) is 7.05 Å². The number of hydrogen-bond donors (Lipinski definition) is 0. The second-order valence-corrected chi connectivity index (χ2v) is 6.09. The highest BCUT2D eigenvalue weighted by Crippen LogP contribution is 2.22. The molecule has 0 spiro atoms. The minimum atomic E-state index is -0.521. The summed E-state index contributed by atoms with van der Waals surface area (Å²) in [7, 11) is 2.86.